The highest BCUT2D eigenvalue weighted by atomic mass is 16.5. The first-order valence-corrected chi connectivity index (χ1v) is 6.18. The van der Waals surface area contributed by atoms with Gasteiger partial charge in [0.05, 0.1) is 1.37 Å². The summed E-state index contributed by atoms with van der Waals surface area (Å²) in [6.45, 7) is 1.96. The number of nitrogens with zero attached hydrogens (tertiary/aromatic N) is 5. The van der Waals surface area contributed by atoms with E-state index in [4.69, 9.17) is 10.5 Å². The number of aryl methyl sites for hydroxylation is 2. The van der Waals surface area contributed by atoms with Gasteiger partial charge in [0.1, 0.15) is 18.1 Å². The second-order valence-electron chi connectivity index (χ2n) is 4.38. The molecule has 108 valence electrons. The van der Waals surface area contributed by atoms with Crippen molar-refractivity contribution in [3.8, 4) is 11.6 Å². The minimum absolute atomic E-state index is 0.104. The van der Waals surface area contributed by atoms with E-state index >= 15 is 0 Å². The molecule has 8 nitrogen and oxygen atoms in total. The number of aromatic nitrogens is 5. The third-order valence-corrected chi connectivity index (χ3v) is 2.92. The molecule has 21 heavy (non-hydrogen) atoms. The highest BCUT2D eigenvalue weighted by molar-refractivity contribution is 5.32. The lowest BCUT2D eigenvalue weighted by Gasteiger charge is -2.07. The summed E-state index contributed by atoms with van der Waals surface area (Å²) in [5.74, 6) is 0.810. The third-order valence-electron chi connectivity index (χ3n) is 2.92. The average Bonchev–Trinajstić information content (AvgIpc) is 3.06. The summed E-state index contributed by atoms with van der Waals surface area (Å²) < 4.78 is 20.5. The fraction of sp³-hybridized carbons (Fsp3) is 0.231. The van der Waals surface area contributed by atoms with Gasteiger partial charge in [0.15, 0.2) is 6.39 Å². The van der Waals surface area contributed by atoms with Gasteiger partial charge in [0.2, 0.25) is 0 Å². The van der Waals surface area contributed by atoms with Gasteiger partial charge in [-0.3, -0.25) is 0 Å². The highest BCUT2D eigenvalue weighted by Crippen LogP contribution is 2.19. The highest BCUT2D eigenvalue weighted by Gasteiger charge is 2.16. The van der Waals surface area contributed by atoms with Crippen molar-refractivity contribution in [1.82, 2.24) is 24.8 Å². The lowest BCUT2D eigenvalue weighted by Crippen LogP contribution is -2.22. The van der Waals surface area contributed by atoms with Gasteiger partial charge in [-0.15, -0.1) is 4.68 Å². The molecule has 1 aromatic carbocycles. The van der Waals surface area contributed by atoms with E-state index in [0.29, 0.717) is 17.5 Å². The molecule has 2 aromatic heterocycles. The Labute approximate surface area is 121 Å². The summed E-state index contributed by atoms with van der Waals surface area (Å²) in [4.78, 5) is 15.9. The summed E-state index contributed by atoms with van der Waals surface area (Å²) in [6, 6.07) is 5.47. The van der Waals surface area contributed by atoms with E-state index in [-0.39, 0.29) is 12.5 Å². The molecule has 0 saturated heterocycles. The summed E-state index contributed by atoms with van der Waals surface area (Å²) in [6.07, 6.45) is 1.22. The van der Waals surface area contributed by atoms with Crippen molar-refractivity contribution in [1.29, 1.82) is 0 Å². The fourth-order valence-electron chi connectivity index (χ4n) is 1.78. The zero-order valence-corrected chi connectivity index (χ0v) is 11.5. The Kier molecular flexibility index (Phi) is 2.96. The van der Waals surface area contributed by atoms with Crippen LogP contribution in [0, 0.1) is 6.92 Å². The van der Waals surface area contributed by atoms with Crippen molar-refractivity contribution in [2.45, 2.75) is 13.5 Å². The van der Waals surface area contributed by atoms with E-state index in [1.165, 1.54) is 13.4 Å². The van der Waals surface area contributed by atoms with Crippen LogP contribution in [0.5, 0.6) is 5.75 Å². The summed E-state index contributed by atoms with van der Waals surface area (Å²) >= 11 is 0. The van der Waals surface area contributed by atoms with Crippen LogP contribution < -0.4 is 10.4 Å². The zero-order valence-electron chi connectivity index (χ0n) is 12.5. The Morgan fingerprint density at radius 1 is 1.43 bits per heavy atom. The molecule has 0 aliphatic rings. The molecule has 0 bridgehead atoms. The molecule has 8 heteroatoms. The topological polar surface area (TPSA) is 88.0 Å². The monoisotopic (exact) mass is 289 g/mol. The number of oxazole rings is 1. The van der Waals surface area contributed by atoms with Gasteiger partial charge in [-0.2, -0.15) is 4.68 Å². The normalized spacial score (nSPS) is 11.4. The van der Waals surface area contributed by atoms with E-state index in [0.717, 1.165) is 14.9 Å². The molecule has 0 atom stereocenters. The van der Waals surface area contributed by atoms with Gasteiger partial charge >= 0.3 is 5.69 Å². The van der Waals surface area contributed by atoms with Crippen LogP contribution in [-0.4, -0.2) is 24.8 Å². The Morgan fingerprint density at radius 2 is 2.29 bits per heavy atom. The van der Waals surface area contributed by atoms with Gasteiger partial charge < -0.3 is 9.15 Å². The third kappa shape index (κ3) is 2.42. The molecule has 0 aliphatic carbocycles. The Balaban J connectivity index is 1.84. The number of benzene rings is 1. The molecule has 2 heterocycles. The van der Waals surface area contributed by atoms with Crippen molar-refractivity contribution >= 4 is 0 Å². The first kappa shape index (κ1) is 11.9. The molecule has 3 aromatic rings. The predicted octanol–water partition coefficient (Wildman–Crippen LogP) is 0.841. The van der Waals surface area contributed by atoms with Crippen molar-refractivity contribution in [2.24, 2.45) is 7.05 Å². The maximum Gasteiger partial charge on any atom is 0.370 e. The molecule has 3 rings (SSSR count). The van der Waals surface area contributed by atoms with Gasteiger partial charge in [-0.25, -0.2) is 9.78 Å². The average molecular weight is 289 g/mol. The van der Waals surface area contributed by atoms with Crippen LogP contribution >= 0.6 is 0 Å². The van der Waals surface area contributed by atoms with Crippen LogP contribution in [0.15, 0.2) is 39.8 Å². The molecule has 0 radical (unpaired) electrons. The molecule has 0 spiro atoms. The van der Waals surface area contributed by atoms with E-state index in [2.05, 4.69) is 15.4 Å². The van der Waals surface area contributed by atoms with Gasteiger partial charge in [0.25, 0.3) is 5.88 Å². The molecule has 0 fully saturated rings. The van der Waals surface area contributed by atoms with Crippen molar-refractivity contribution in [3.63, 3.8) is 0 Å². The maximum absolute atomic E-state index is 11.8. The minimum atomic E-state index is -0.437. The van der Waals surface area contributed by atoms with E-state index in [1.807, 2.05) is 6.92 Å². The Hall–Kier alpha value is -2.90. The van der Waals surface area contributed by atoms with E-state index in [1.54, 1.807) is 18.2 Å². The molecule has 0 unspecified atom stereocenters. The zero-order chi connectivity index (χ0) is 15.7. The first-order valence-electron chi connectivity index (χ1n) is 6.68. The van der Waals surface area contributed by atoms with E-state index < -0.39 is 5.69 Å². The smallest absolute Gasteiger partial charge is 0.370 e. The second kappa shape index (κ2) is 5.23. The number of rotatable bonds is 4. The first-order chi connectivity index (χ1) is 10.6. The van der Waals surface area contributed by atoms with Crippen LogP contribution in [0.2, 0.25) is 0 Å². The van der Waals surface area contributed by atoms with Crippen LogP contribution in [0.25, 0.3) is 5.88 Å². The van der Waals surface area contributed by atoms with Crippen molar-refractivity contribution < 1.29 is 10.5 Å². The number of para-hydroxylation sites is 1. The van der Waals surface area contributed by atoms with Crippen LogP contribution in [0.4, 0.5) is 0 Å². The summed E-state index contributed by atoms with van der Waals surface area (Å²) in [7, 11) is 1.49. The van der Waals surface area contributed by atoms with Crippen molar-refractivity contribution in [2.75, 3.05) is 0 Å². The number of ether oxygens (including phenoxy) is 1. The largest absolute Gasteiger partial charge is 0.487 e. The number of tetrazole rings is 1. The fourth-order valence-corrected chi connectivity index (χ4v) is 1.78. The molecule has 0 N–H and O–H groups in total. The molecular formula is C13H13N5O3. The predicted molar refractivity (Wildman–Crippen MR) is 72.2 cm³/mol. The van der Waals surface area contributed by atoms with E-state index in [9.17, 15) is 4.79 Å². The Bertz CT molecular complexity index is 867. The molecule has 0 amide bonds. The second-order valence-corrected chi connectivity index (χ2v) is 4.38. The summed E-state index contributed by atoms with van der Waals surface area (Å²) in [5, 5.41) is 7.33. The Morgan fingerprint density at radius 3 is 3.00 bits per heavy atom. The molecule has 0 aliphatic heterocycles. The quantitative estimate of drug-likeness (QED) is 0.707. The van der Waals surface area contributed by atoms with Crippen molar-refractivity contribution in [3.05, 3.63) is 52.4 Å². The maximum atomic E-state index is 11.8. The standard InChI is InChI=1S/C13H13N5O3/c1-9-5-3-4-6-11(9)20-7-10-12(21-8-14-10)18-13(19)17(2)15-16-18/h3-6,8H,7H2,1-2H3/i3T. The minimum Gasteiger partial charge on any atom is -0.487 e. The number of hydrogen-bond donors (Lipinski definition) is 0. The lowest BCUT2D eigenvalue weighted by atomic mass is 10.2. The van der Waals surface area contributed by atoms with Gasteiger partial charge in [-0.05, 0) is 29.0 Å². The molecular weight excluding hydrogens is 274 g/mol. The summed E-state index contributed by atoms with van der Waals surface area (Å²) in [5.41, 5.74) is 0.832. The lowest BCUT2D eigenvalue weighted by molar-refractivity contribution is 0.297. The van der Waals surface area contributed by atoms with Gasteiger partial charge in [-0.1, -0.05) is 18.2 Å². The molecule has 0 saturated carbocycles. The SMILES string of the molecule is [3H]c1ccc(OCc2ncoc2-n2nnn(C)c2=O)c(C)c1. The van der Waals surface area contributed by atoms with Gasteiger partial charge in [0, 0.05) is 7.05 Å². The number of hydrogen-bond acceptors (Lipinski definition) is 6. The van der Waals surface area contributed by atoms with Crippen LogP contribution in [0.1, 0.15) is 12.6 Å². The van der Waals surface area contributed by atoms with Crippen LogP contribution in [0.3, 0.4) is 0 Å². The van der Waals surface area contributed by atoms with Crippen LogP contribution in [-0.2, 0) is 13.7 Å².